The van der Waals surface area contributed by atoms with Crippen molar-refractivity contribution in [2.45, 2.75) is 25.8 Å². The highest BCUT2D eigenvalue weighted by molar-refractivity contribution is 9.10. The molecule has 0 radical (unpaired) electrons. The molecule has 0 amide bonds. The molecule has 0 aliphatic carbocycles. The van der Waals surface area contributed by atoms with Gasteiger partial charge in [0.15, 0.2) is 0 Å². The van der Waals surface area contributed by atoms with Crippen LogP contribution in [0.15, 0.2) is 47.1 Å². The van der Waals surface area contributed by atoms with Crippen molar-refractivity contribution in [3.8, 4) is 5.75 Å². The molecule has 0 spiro atoms. The van der Waals surface area contributed by atoms with Gasteiger partial charge in [0.05, 0.1) is 18.8 Å². The number of halogens is 1. The standard InChI is InChI=1S/C17H21BrN2O/c1-3-9-19-17(16-6-4-5-10-20-16)12-13-11-14(21-2)7-8-15(13)18/h4-8,10-11,17,19H,3,9,12H2,1-2H3. The van der Waals surface area contributed by atoms with E-state index in [9.17, 15) is 0 Å². The van der Waals surface area contributed by atoms with Crippen molar-refractivity contribution in [2.24, 2.45) is 0 Å². The summed E-state index contributed by atoms with van der Waals surface area (Å²) < 4.78 is 6.42. The van der Waals surface area contributed by atoms with Crippen molar-refractivity contribution in [1.29, 1.82) is 0 Å². The zero-order valence-corrected chi connectivity index (χ0v) is 14.1. The van der Waals surface area contributed by atoms with Crippen LogP contribution in [0.1, 0.15) is 30.6 Å². The zero-order chi connectivity index (χ0) is 15.1. The van der Waals surface area contributed by atoms with Gasteiger partial charge in [-0.2, -0.15) is 0 Å². The molecule has 0 saturated heterocycles. The van der Waals surface area contributed by atoms with Gasteiger partial charge < -0.3 is 10.1 Å². The Hall–Kier alpha value is -1.39. The molecule has 0 aliphatic rings. The first kappa shape index (κ1) is 16.0. The number of hydrogen-bond donors (Lipinski definition) is 1. The third kappa shape index (κ3) is 4.55. The van der Waals surface area contributed by atoms with Crippen LogP contribution in [0.25, 0.3) is 0 Å². The topological polar surface area (TPSA) is 34.1 Å². The van der Waals surface area contributed by atoms with Crippen LogP contribution in [0, 0.1) is 0 Å². The van der Waals surface area contributed by atoms with Crippen LogP contribution in [-0.4, -0.2) is 18.6 Å². The summed E-state index contributed by atoms with van der Waals surface area (Å²) in [5.74, 6) is 0.878. The smallest absolute Gasteiger partial charge is 0.119 e. The second-order valence-corrected chi connectivity index (χ2v) is 5.78. The van der Waals surface area contributed by atoms with Crippen LogP contribution >= 0.6 is 15.9 Å². The van der Waals surface area contributed by atoms with Crippen LogP contribution in [-0.2, 0) is 6.42 Å². The van der Waals surface area contributed by atoms with Gasteiger partial charge in [0.2, 0.25) is 0 Å². The fourth-order valence-corrected chi connectivity index (χ4v) is 2.64. The lowest BCUT2D eigenvalue weighted by Gasteiger charge is -2.19. The Morgan fingerprint density at radius 2 is 2.14 bits per heavy atom. The van der Waals surface area contributed by atoms with Gasteiger partial charge >= 0.3 is 0 Å². The Morgan fingerprint density at radius 1 is 1.29 bits per heavy atom. The summed E-state index contributed by atoms with van der Waals surface area (Å²) in [5, 5.41) is 3.57. The van der Waals surface area contributed by atoms with Crippen molar-refractivity contribution >= 4 is 15.9 Å². The number of hydrogen-bond acceptors (Lipinski definition) is 3. The van der Waals surface area contributed by atoms with E-state index in [1.54, 1.807) is 7.11 Å². The van der Waals surface area contributed by atoms with Gasteiger partial charge in [-0.15, -0.1) is 0 Å². The highest BCUT2D eigenvalue weighted by Crippen LogP contribution is 2.27. The predicted molar refractivity (Wildman–Crippen MR) is 89.7 cm³/mol. The van der Waals surface area contributed by atoms with Gasteiger partial charge in [-0.05, 0) is 55.3 Å². The van der Waals surface area contributed by atoms with Crippen molar-refractivity contribution in [3.63, 3.8) is 0 Å². The predicted octanol–water partition coefficient (Wildman–Crippen LogP) is 4.14. The van der Waals surface area contributed by atoms with E-state index in [4.69, 9.17) is 4.74 Å². The molecule has 2 aromatic rings. The molecule has 112 valence electrons. The van der Waals surface area contributed by atoms with Gasteiger partial charge in [-0.1, -0.05) is 28.9 Å². The van der Waals surface area contributed by atoms with Gasteiger partial charge in [0.25, 0.3) is 0 Å². The largest absolute Gasteiger partial charge is 0.497 e. The number of pyridine rings is 1. The molecule has 1 unspecified atom stereocenters. The maximum atomic E-state index is 5.32. The molecule has 1 atom stereocenters. The van der Waals surface area contributed by atoms with E-state index < -0.39 is 0 Å². The SMILES string of the molecule is CCCNC(Cc1cc(OC)ccc1Br)c1ccccn1. The van der Waals surface area contributed by atoms with Crippen molar-refractivity contribution in [3.05, 3.63) is 58.3 Å². The maximum Gasteiger partial charge on any atom is 0.119 e. The normalized spacial score (nSPS) is 12.1. The maximum absolute atomic E-state index is 5.32. The molecule has 21 heavy (non-hydrogen) atoms. The number of aromatic nitrogens is 1. The molecule has 3 nitrogen and oxygen atoms in total. The Morgan fingerprint density at radius 3 is 2.81 bits per heavy atom. The number of rotatable bonds is 7. The van der Waals surface area contributed by atoms with E-state index in [0.717, 1.165) is 35.3 Å². The van der Waals surface area contributed by atoms with Crippen LogP contribution in [0.5, 0.6) is 5.75 Å². The molecular formula is C17H21BrN2O. The number of nitrogens with one attached hydrogen (secondary N) is 1. The molecular weight excluding hydrogens is 328 g/mol. The number of nitrogens with zero attached hydrogens (tertiary/aromatic N) is 1. The molecule has 0 bridgehead atoms. The van der Waals surface area contributed by atoms with E-state index in [2.05, 4.69) is 45.3 Å². The third-order valence-corrected chi connectivity index (χ3v) is 4.14. The lowest BCUT2D eigenvalue weighted by atomic mass is 10.0. The first-order valence-electron chi connectivity index (χ1n) is 7.21. The first-order valence-corrected chi connectivity index (χ1v) is 8.00. The molecule has 1 heterocycles. The van der Waals surface area contributed by atoms with Crippen molar-refractivity contribution < 1.29 is 4.74 Å². The van der Waals surface area contributed by atoms with Crippen molar-refractivity contribution in [1.82, 2.24) is 10.3 Å². The summed E-state index contributed by atoms with van der Waals surface area (Å²) in [6.07, 6.45) is 3.81. The van der Waals surface area contributed by atoms with E-state index in [-0.39, 0.29) is 6.04 Å². The minimum Gasteiger partial charge on any atom is -0.497 e. The summed E-state index contributed by atoms with van der Waals surface area (Å²) >= 11 is 3.63. The van der Waals surface area contributed by atoms with E-state index in [1.165, 1.54) is 5.56 Å². The summed E-state index contributed by atoms with van der Waals surface area (Å²) in [5.41, 5.74) is 2.29. The lowest BCUT2D eigenvalue weighted by Crippen LogP contribution is -2.25. The van der Waals surface area contributed by atoms with Gasteiger partial charge in [-0.3, -0.25) is 4.98 Å². The van der Waals surface area contributed by atoms with E-state index in [0.29, 0.717) is 0 Å². The summed E-state index contributed by atoms with van der Waals surface area (Å²) in [6.45, 7) is 3.15. The fraction of sp³-hybridized carbons (Fsp3) is 0.353. The van der Waals surface area contributed by atoms with Crippen LogP contribution < -0.4 is 10.1 Å². The molecule has 4 heteroatoms. The highest BCUT2D eigenvalue weighted by atomic mass is 79.9. The lowest BCUT2D eigenvalue weighted by molar-refractivity contribution is 0.413. The fourth-order valence-electron chi connectivity index (χ4n) is 2.24. The van der Waals surface area contributed by atoms with Gasteiger partial charge in [0, 0.05) is 10.7 Å². The first-order chi connectivity index (χ1) is 10.2. The van der Waals surface area contributed by atoms with Crippen molar-refractivity contribution in [2.75, 3.05) is 13.7 Å². The Labute approximate surface area is 134 Å². The third-order valence-electron chi connectivity index (χ3n) is 3.36. The molecule has 0 saturated carbocycles. The monoisotopic (exact) mass is 348 g/mol. The number of benzene rings is 1. The Balaban J connectivity index is 2.22. The second kappa shape index (κ2) is 8.15. The molecule has 1 aromatic heterocycles. The molecule has 1 N–H and O–H groups in total. The summed E-state index contributed by atoms with van der Waals surface area (Å²) in [7, 11) is 1.69. The highest BCUT2D eigenvalue weighted by Gasteiger charge is 2.14. The molecule has 2 rings (SSSR count). The average Bonchev–Trinajstić information content (AvgIpc) is 2.54. The van der Waals surface area contributed by atoms with Crippen LogP contribution in [0.4, 0.5) is 0 Å². The van der Waals surface area contributed by atoms with Crippen LogP contribution in [0.2, 0.25) is 0 Å². The molecule has 0 fully saturated rings. The molecule has 1 aromatic carbocycles. The van der Waals surface area contributed by atoms with E-state index in [1.807, 2.05) is 30.5 Å². The molecule has 0 aliphatic heterocycles. The summed E-state index contributed by atoms with van der Waals surface area (Å²) in [6, 6.07) is 12.3. The minimum absolute atomic E-state index is 0.203. The Kier molecular flexibility index (Phi) is 6.21. The van der Waals surface area contributed by atoms with Crippen LogP contribution in [0.3, 0.4) is 0 Å². The number of methoxy groups -OCH3 is 1. The Bertz CT molecular complexity index is 560. The average molecular weight is 349 g/mol. The second-order valence-electron chi connectivity index (χ2n) is 4.92. The van der Waals surface area contributed by atoms with Gasteiger partial charge in [0.1, 0.15) is 5.75 Å². The van der Waals surface area contributed by atoms with E-state index >= 15 is 0 Å². The summed E-state index contributed by atoms with van der Waals surface area (Å²) in [4.78, 5) is 4.49. The quantitative estimate of drug-likeness (QED) is 0.816. The zero-order valence-electron chi connectivity index (χ0n) is 12.5. The van der Waals surface area contributed by atoms with Gasteiger partial charge in [-0.25, -0.2) is 0 Å². The number of ether oxygens (including phenoxy) is 1. The minimum atomic E-state index is 0.203.